The third-order valence-electron chi connectivity index (χ3n) is 2.46. The molecule has 0 saturated heterocycles. The monoisotopic (exact) mass is 240 g/mol. The molecule has 0 aliphatic carbocycles. The van der Waals surface area contributed by atoms with Crippen molar-refractivity contribution in [2.75, 3.05) is 12.8 Å². The van der Waals surface area contributed by atoms with Crippen LogP contribution in [0.15, 0.2) is 6.20 Å². The zero-order chi connectivity index (χ0) is 13.2. The van der Waals surface area contributed by atoms with E-state index in [4.69, 9.17) is 10.8 Å². The van der Waals surface area contributed by atoms with Crippen molar-refractivity contribution in [2.45, 2.75) is 26.4 Å². The highest BCUT2D eigenvalue weighted by Crippen LogP contribution is 2.09. The van der Waals surface area contributed by atoms with E-state index in [0.29, 0.717) is 0 Å². The minimum atomic E-state index is -1.20. The molecule has 0 bridgehead atoms. The number of nitrogens with zero attached hydrogens (tertiary/aromatic N) is 3. The Hall–Kier alpha value is -2.05. The van der Waals surface area contributed by atoms with E-state index >= 15 is 0 Å². The Morgan fingerprint density at radius 1 is 1.59 bits per heavy atom. The summed E-state index contributed by atoms with van der Waals surface area (Å²) in [5.41, 5.74) is 5.29. The highest BCUT2D eigenvalue weighted by molar-refractivity contribution is 5.91. The number of carbonyl (C=O) groups is 2. The third-order valence-corrected chi connectivity index (χ3v) is 2.46. The van der Waals surface area contributed by atoms with Gasteiger partial charge in [0.1, 0.15) is 6.54 Å². The second-order valence-electron chi connectivity index (χ2n) is 4.03. The number of rotatable bonds is 4. The molecular formula is C10H16N4O3. The van der Waals surface area contributed by atoms with Crippen LogP contribution in [0.25, 0.3) is 0 Å². The lowest BCUT2D eigenvalue weighted by Crippen LogP contribution is -2.35. The van der Waals surface area contributed by atoms with E-state index in [9.17, 15) is 9.59 Å². The molecule has 3 N–H and O–H groups in total. The van der Waals surface area contributed by atoms with Gasteiger partial charge in [-0.1, -0.05) is 0 Å². The van der Waals surface area contributed by atoms with E-state index in [-0.39, 0.29) is 29.9 Å². The van der Waals surface area contributed by atoms with Gasteiger partial charge in [-0.05, 0) is 13.8 Å². The number of nitrogen functional groups attached to an aromatic ring is 1. The molecule has 0 aromatic carbocycles. The second-order valence-corrected chi connectivity index (χ2v) is 4.03. The van der Waals surface area contributed by atoms with Gasteiger partial charge in [0.25, 0.3) is 0 Å². The maximum atomic E-state index is 11.7. The van der Waals surface area contributed by atoms with E-state index in [1.54, 1.807) is 11.9 Å². The Morgan fingerprint density at radius 2 is 2.18 bits per heavy atom. The molecule has 0 aliphatic rings. The summed E-state index contributed by atoms with van der Waals surface area (Å²) in [6, 6.07) is 0.0781. The van der Waals surface area contributed by atoms with Crippen molar-refractivity contribution in [2.24, 2.45) is 0 Å². The first kappa shape index (κ1) is 13.0. The van der Waals surface area contributed by atoms with Crippen LogP contribution in [0.1, 0.15) is 24.3 Å². The molecule has 1 aromatic rings. The highest BCUT2D eigenvalue weighted by atomic mass is 16.4. The Morgan fingerprint density at radius 3 is 2.59 bits per heavy atom. The van der Waals surface area contributed by atoms with Crippen molar-refractivity contribution in [1.29, 1.82) is 0 Å². The standard InChI is InChI=1S/C10H16N4O3/c1-6(2)13(3)8(15)5-14-4-7(11)9(12-14)10(16)17/h4,6H,5,11H2,1-3H3,(H,16,17). The van der Waals surface area contributed by atoms with Crippen LogP contribution in [0.3, 0.4) is 0 Å². The maximum Gasteiger partial charge on any atom is 0.358 e. The summed E-state index contributed by atoms with van der Waals surface area (Å²) in [5.74, 6) is -1.36. The average Bonchev–Trinajstić information content (AvgIpc) is 2.58. The fourth-order valence-electron chi connectivity index (χ4n) is 1.22. The lowest BCUT2D eigenvalue weighted by Gasteiger charge is -2.21. The predicted molar refractivity (Wildman–Crippen MR) is 61.5 cm³/mol. The van der Waals surface area contributed by atoms with Crippen molar-refractivity contribution in [3.8, 4) is 0 Å². The molecule has 17 heavy (non-hydrogen) atoms. The smallest absolute Gasteiger partial charge is 0.358 e. The van der Waals surface area contributed by atoms with Gasteiger partial charge in [-0.25, -0.2) is 4.79 Å². The molecule has 1 aromatic heterocycles. The molecule has 0 radical (unpaired) electrons. The first-order chi connectivity index (χ1) is 7.82. The summed E-state index contributed by atoms with van der Waals surface area (Å²) in [6.07, 6.45) is 1.34. The van der Waals surface area contributed by atoms with Gasteiger partial charge in [0, 0.05) is 19.3 Å². The van der Waals surface area contributed by atoms with Gasteiger partial charge >= 0.3 is 5.97 Å². The molecule has 1 heterocycles. The summed E-state index contributed by atoms with van der Waals surface area (Å²) < 4.78 is 1.24. The van der Waals surface area contributed by atoms with E-state index < -0.39 is 5.97 Å². The minimum Gasteiger partial charge on any atom is -0.476 e. The van der Waals surface area contributed by atoms with Gasteiger partial charge in [0.05, 0.1) is 5.69 Å². The van der Waals surface area contributed by atoms with E-state index in [1.165, 1.54) is 10.9 Å². The number of hydrogen-bond acceptors (Lipinski definition) is 4. The fourth-order valence-corrected chi connectivity index (χ4v) is 1.22. The summed E-state index contributed by atoms with van der Waals surface area (Å²) in [5, 5.41) is 12.5. The predicted octanol–water partition coefficient (Wildman–Crippen LogP) is 0.0303. The molecule has 1 rings (SSSR count). The first-order valence-electron chi connectivity index (χ1n) is 5.14. The summed E-state index contributed by atoms with van der Waals surface area (Å²) in [4.78, 5) is 24.0. The average molecular weight is 240 g/mol. The number of carboxylic acids is 1. The Bertz CT molecular complexity index is 439. The zero-order valence-corrected chi connectivity index (χ0v) is 10.0. The van der Waals surface area contributed by atoms with Crippen molar-refractivity contribution < 1.29 is 14.7 Å². The number of carbonyl (C=O) groups excluding carboxylic acids is 1. The summed E-state index contributed by atoms with van der Waals surface area (Å²) in [6.45, 7) is 3.75. The molecule has 7 heteroatoms. The Balaban J connectivity index is 2.79. The minimum absolute atomic E-state index is 0.0217. The van der Waals surface area contributed by atoms with Gasteiger partial charge in [-0.3, -0.25) is 9.48 Å². The summed E-state index contributed by atoms with van der Waals surface area (Å²) in [7, 11) is 1.68. The fraction of sp³-hybridized carbons (Fsp3) is 0.500. The Kier molecular flexibility index (Phi) is 3.72. The molecule has 0 fully saturated rings. The van der Waals surface area contributed by atoms with Crippen LogP contribution in [0.5, 0.6) is 0 Å². The third kappa shape index (κ3) is 2.96. The SMILES string of the molecule is CC(C)N(C)C(=O)Cn1cc(N)c(C(=O)O)n1. The maximum absolute atomic E-state index is 11.7. The van der Waals surface area contributed by atoms with Crippen LogP contribution in [0.4, 0.5) is 5.69 Å². The molecule has 7 nitrogen and oxygen atoms in total. The molecular weight excluding hydrogens is 224 g/mol. The molecule has 0 saturated carbocycles. The van der Waals surface area contributed by atoms with Crippen LogP contribution < -0.4 is 5.73 Å². The van der Waals surface area contributed by atoms with Crippen LogP contribution in [-0.2, 0) is 11.3 Å². The number of carboxylic acid groups (broad SMARTS) is 1. The number of aromatic nitrogens is 2. The normalized spacial score (nSPS) is 10.6. The lowest BCUT2D eigenvalue weighted by atomic mass is 10.3. The quantitative estimate of drug-likeness (QED) is 0.773. The van der Waals surface area contributed by atoms with Gasteiger partial charge in [0.15, 0.2) is 5.69 Å². The summed E-state index contributed by atoms with van der Waals surface area (Å²) >= 11 is 0. The number of anilines is 1. The number of aromatic carboxylic acids is 1. The van der Waals surface area contributed by atoms with Gasteiger partial charge < -0.3 is 15.7 Å². The largest absolute Gasteiger partial charge is 0.476 e. The van der Waals surface area contributed by atoms with Crippen LogP contribution in [-0.4, -0.2) is 44.8 Å². The van der Waals surface area contributed by atoms with Crippen molar-refractivity contribution in [1.82, 2.24) is 14.7 Å². The number of nitrogens with two attached hydrogens (primary N) is 1. The molecule has 0 unspecified atom stereocenters. The Labute approximate surface area is 98.8 Å². The lowest BCUT2D eigenvalue weighted by molar-refractivity contribution is -0.132. The van der Waals surface area contributed by atoms with Crippen molar-refractivity contribution in [3.05, 3.63) is 11.9 Å². The van der Waals surface area contributed by atoms with E-state index in [2.05, 4.69) is 5.10 Å². The van der Waals surface area contributed by atoms with Crippen LogP contribution in [0.2, 0.25) is 0 Å². The van der Waals surface area contributed by atoms with E-state index in [0.717, 1.165) is 0 Å². The van der Waals surface area contributed by atoms with Crippen LogP contribution in [0, 0.1) is 0 Å². The van der Waals surface area contributed by atoms with Crippen molar-refractivity contribution >= 4 is 17.6 Å². The van der Waals surface area contributed by atoms with Crippen LogP contribution >= 0.6 is 0 Å². The number of amides is 1. The molecule has 94 valence electrons. The number of likely N-dealkylation sites (N-methyl/N-ethyl adjacent to an activating group) is 1. The molecule has 0 spiro atoms. The highest BCUT2D eigenvalue weighted by Gasteiger charge is 2.17. The van der Waals surface area contributed by atoms with Gasteiger partial charge in [0.2, 0.25) is 5.91 Å². The molecule has 0 atom stereocenters. The van der Waals surface area contributed by atoms with Gasteiger partial charge in [-0.2, -0.15) is 5.10 Å². The van der Waals surface area contributed by atoms with E-state index in [1.807, 2.05) is 13.8 Å². The first-order valence-corrected chi connectivity index (χ1v) is 5.14. The topological polar surface area (TPSA) is 101 Å². The zero-order valence-electron chi connectivity index (χ0n) is 10.0. The molecule has 1 amide bonds. The number of hydrogen-bond donors (Lipinski definition) is 2. The van der Waals surface area contributed by atoms with Crippen molar-refractivity contribution in [3.63, 3.8) is 0 Å². The second kappa shape index (κ2) is 4.86. The van der Waals surface area contributed by atoms with Gasteiger partial charge in [-0.15, -0.1) is 0 Å². The molecule has 0 aliphatic heterocycles.